The van der Waals surface area contributed by atoms with Crippen LogP contribution < -0.4 is 9.47 Å². The second kappa shape index (κ2) is 7.28. The highest BCUT2D eigenvalue weighted by Crippen LogP contribution is 2.37. The zero-order valence-corrected chi connectivity index (χ0v) is 15.8. The van der Waals surface area contributed by atoms with Crippen molar-refractivity contribution in [1.29, 1.82) is 0 Å². The van der Waals surface area contributed by atoms with Crippen molar-refractivity contribution in [3.63, 3.8) is 0 Å². The van der Waals surface area contributed by atoms with E-state index in [0.717, 1.165) is 56.8 Å². The summed E-state index contributed by atoms with van der Waals surface area (Å²) in [5, 5.41) is 0. The molecular weight excluding hydrogens is 324 g/mol. The first kappa shape index (κ1) is 17.3. The predicted molar refractivity (Wildman–Crippen MR) is 103 cm³/mol. The highest BCUT2D eigenvalue weighted by Gasteiger charge is 2.36. The Balaban J connectivity index is 1.30. The maximum atomic E-state index is 6.21. The first-order chi connectivity index (χ1) is 12.6. The van der Waals surface area contributed by atoms with Crippen LogP contribution in [-0.4, -0.2) is 42.7 Å². The second-order valence-corrected chi connectivity index (χ2v) is 8.02. The number of hydrogen-bond donors (Lipinski definition) is 0. The summed E-state index contributed by atoms with van der Waals surface area (Å²) in [6.07, 6.45) is 6.58. The Kier molecular flexibility index (Phi) is 4.86. The SMILES string of the molecule is COc1ccccc1OC1CCN(CC2(C)Cc3cccnc3C2)CC1. The lowest BCUT2D eigenvalue weighted by molar-refractivity contribution is 0.0736. The van der Waals surface area contributed by atoms with Crippen LogP contribution in [0.2, 0.25) is 0 Å². The number of hydrogen-bond acceptors (Lipinski definition) is 4. The number of piperidine rings is 1. The molecule has 2 aromatic rings. The highest BCUT2D eigenvalue weighted by atomic mass is 16.5. The highest BCUT2D eigenvalue weighted by molar-refractivity contribution is 5.39. The molecule has 0 N–H and O–H groups in total. The van der Waals surface area contributed by atoms with Gasteiger partial charge in [-0.1, -0.05) is 25.1 Å². The summed E-state index contributed by atoms with van der Waals surface area (Å²) in [5.74, 6) is 1.68. The van der Waals surface area contributed by atoms with Crippen LogP contribution in [0, 0.1) is 5.41 Å². The third-order valence-electron chi connectivity index (χ3n) is 5.70. The Morgan fingerprint density at radius 1 is 1.08 bits per heavy atom. The van der Waals surface area contributed by atoms with E-state index in [2.05, 4.69) is 28.9 Å². The number of para-hydroxylation sites is 2. The normalized spacial score (nSPS) is 23.6. The van der Waals surface area contributed by atoms with Gasteiger partial charge in [-0.15, -0.1) is 0 Å². The fourth-order valence-electron chi connectivity index (χ4n) is 4.45. The van der Waals surface area contributed by atoms with E-state index in [4.69, 9.17) is 9.47 Å². The number of rotatable bonds is 5. The predicted octanol–water partition coefficient (Wildman–Crippen LogP) is 3.74. The standard InChI is InChI=1S/C22H28N2O2/c1-22(14-17-6-5-11-23-19(17)15-22)16-24-12-9-18(10-13-24)26-21-8-4-3-7-20(21)25-2/h3-8,11,18H,9-10,12-16H2,1-2H3. The van der Waals surface area contributed by atoms with E-state index in [1.807, 2.05) is 30.5 Å². The van der Waals surface area contributed by atoms with Crippen molar-refractivity contribution in [2.45, 2.75) is 38.7 Å². The van der Waals surface area contributed by atoms with Crippen molar-refractivity contribution >= 4 is 0 Å². The van der Waals surface area contributed by atoms with Gasteiger partial charge < -0.3 is 14.4 Å². The molecule has 1 saturated heterocycles. The number of pyridine rings is 1. The van der Waals surface area contributed by atoms with Gasteiger partial charge >= 0.3 is 0 Å². The van der Waals surface area contributed by atoms with Crippen molar-refractivity contribution in [2.75, 3.05) is 26.7 Å². The third kappa shape index (κ3) is 3.70. The summed E-state index contributed by atoms with van der Waals surface area (Å²) in [4.78, 5) is 7.18. The lowest BCUT2D eigenvalue weighted by Crippen LogP contribution is -2.43. The first-order valence-corrected chi connectivity index (χ1v) is 9.60. The largest absolute Gasteiger partial charge is 0.493 e. The number of benzene rings is 1. The number of ether oxygens (including phenoxy) is 2. The minimum Gasteiger partial charge on any atom is -0.493 e. The molecule has 2 heterocycles. The van der Waals surface area contributed by atoms with Gasteiger partial charge in [0.2, 0.25) is 0 Å². The van der Waals surface area contributed by atoms with Crippen molar-refractivity contribution in [1.82, 2.24) is 9.88 Å². The van der Waals surface area contributed by atoms with Crippen LogP contribution in [-0.2, 0) is 12.8 Å². The van der Waals surface area contributed by atoms with Gasteiger partial charge in [0.1, 0.15) is 6.10 Å². The average molecular weight is 352 g/mol. The van der Waals surface area contributed by atoms with E-state index >= 15 is 0 Å². The average Bonchev–Trinajstić information content (AvgIpc) is 2.99. The van der Waals surface area contributed by atoms with E-state index in [1.54, 1.807) is 7.11 Å². The molecule has 0 spiro atoms. The molecule has 1 aromatic carbocycles. The molecule has 1 aliphatic heterocycles. The van der Waals surface area contributed by atoms with Crippen LogP contribution in [0.1, 0.15) is 31.0 Å². The van der Waals surface area contributed by atoms with Crippen LogP contribution in [0.25, 0.3) is 0 Å². The van der Waals surface area contributed by atoms with Gasteiger partial charge in [-0.2, -0.15) is 0 Å². The summed E-state index contributed by atoms with van der Waals surface area (Å²) in [7, 11) is 1.69. The molecule has 1 fully saturated rings. The van der Waals surface area contributed by atoms with Gasteiger partial charge in [0.15, 0.2) is 11.5 Å². The lowest BCUT2D eigenvalue weighted by atomic mass is 9.86. The van der Waals surface area contributed by atoms with Gasteiger partial charge in [-0.25, -0.2) is 0 Å². The quantitative estimate of drug-likeness (QED) is 0.821. The monoisotopic (exact) mass is 352 g/mol. The van der Waals surface area contributed by atoms with Gasteiger partial charge in [0, 0.05) is 31.5 Å². The summed E-state index contributed by atoms with van der Waals surface area (Å²) in [5.41, 5.74) is 3.04. The number of aromatic nitrogens is 1. The van der Waals surface area contributed by atoms with Crippen LogP contribution in [0.3, 0.4) is 0 Å². The Morgan fingerprint density at radius 3 is 2.58 bits per heavy atom. The maximum absolute atomic E-state index is 6.21. The van der Waals surface area contributed by atoms with E-state index in [1.165, 1.54) is 11.3 Å². The zero-order chi connectivity index (χ0) is 18.0. The van der Waals surface area contributed by atoms with Crippen LogP contribution >= 0.6 is 0 Å². The van der Waals surface area contributed by atoms with E-state index in [0.29, 0.717) is 5.41 Å². The molecule has 1 aliphatic carbocycles. The molecule has 0 radical (unpaired) electrons. The Bertz CT molecular complexity index is 728. The maximum Gasteiger partial charge on any atom is 0.161 e. The van der Waals surface area contributed by atoms with Crippen molar-refractivity contribution in [2.24, 2.45) is 5.41 Å². The van der Waals surface area contributed by atoms with Crippen LogP contribution in [0.5, 0.6) is 11.5 Å². The Morgan fingerprint density at radius 2 is 1.85 bits per heavy atom. The molecule has 4 heteroatoms. The molecule has 1 aromatic heterocycles. The lowest BCUT2D eigenvalue weighted by Gasteiger charge is -2.37. The van der Waals surface area contributed by atoms with Gasteiger partial charge in [-0.3, -0.25) is 4.98 Å². The number of likely N-dealkylation sites (tertiary alicyclic amines) is 1. The topological polar surface area (TPSA) is 34.6 Å². The number of fused-ring (bicyclic) bond motifs is 1. The molecule has 26 heavy (non-hydrogen) atoms. The fraction of sp³-hybridized carbons (Fsp3) is 0.500. The summed E-state index contributed by atoms with van der Waals surface area (Å²) in [6.45, 7) is 5.75. The van der Waals surface area contributed by atoms with E-state index in [-0.39, 0.29) is 6.10 Å². The third-order valence-corrected chi connectivity index (χ3v) is 5.70. The first-order valence-electron chi connectivity index (χ1n) is 9.60. The molecule has 0 saturated carbocycles. The molecule has 138 valence electrons. The second-order valence-electron chi connectivity index (χ2n) is 8.02. The Labute approximate surface area is 156 Å². The molecule has 4 rings (SSSR count). The molecule has 1 unspecified atom stereocenters. The molecule has 0 bridgehead atoms. The van der Waals surface area contributed by atoms with Gasteiger partial charge in [0.25, 0.3) is 0 Å². The van der Waals surface area contributed by atoms with E-state index < -0.39 is 0 Å². The minimum absolute atomic E-state index is 0.276. The Hall–Kier alpha value is -2.07. The molecule has 4 nitrogen and oxygen atoms in total. The number of methoxy groups -OCH3 is 1. The number of nitrogens with zero attached hydrogens (tertiary/aromatic N) is 2. The van der Waals surface area contributed by atoms with Crippen LogP contribution in [0.4, 0.5) is 0 Å². The zero-order valence-electron chi connectivity index (χ0n) is 15.8. The summed E-state index contributed by atoms with van der Waals surface area (Å²) in [6, 6.07) is 12.2. The van der Waals surface area contributed by atoms with Crippen molar-refractivity contribution in [3.8, 4) is 11.5 Å². The van der Waals surface area contributed by atoms with Gasteiger partial charge in [0.05, 0.1) is 7.11 Å². The summed E-state index contributed by atoms with van der Waals surface area (Å²) >= 11 is 0. The van der Waals surface area contributed by atoms with Crippen molar-refractivity contribution in [3.05, 3.63) is 53.9 Å². The summed E-state index contributed by atoms with van der Waals surface area (Å²) < 4.78 is 11.6. The smallest absolute Gasteiger partial charge is 0.161 e. The minimum atomic E-state index is 0.276. The molecule has 1 atom stereocenters. The molecular formula is C22H28N2O2. The van der Waals surface area contributed by atoms with Crippen LogP contribution in [0.15, 0.2) is 42.6 Å². The molecule has 2 aliphatic rings. The molecule has 0 amide bonds. The van der Waals surface area contributed by atoms with Crippen molar-refractivity contribution < 1.29 is 9.47 Å². The van der Waals surface area contributed by atoms with Gasteiger partial charge in [-0.05, 0) is 54.9 Å². The van der Waals surface area contributed by atoms with E-state index in [9.17, 15) is 0 Å². The fourth-order valence-corrected chi connectivity index (χ4v) is 4.45.